The van der Waals surface area contributed by atoms with E-state index < -0.39 is 0 Å². The fourth-order valence-electron chi connectivity index (χ4n) is 3.23. The normalized spacial score (nSPS) is 15.7. The van der Waals surface area contributed by atoms with Crippen LogP contribution in [0, 0.1) is 0 Å². The van der Waals surface area contributed by atoms with Crippen LogP contribution in [0.3, 0.4) is 0 Å². The van der Waals surface area contributed by atoms with Crippen molar-refractivity contribution in [1.82, 2.24) is 10.2 Å². The molecule has 130 valence electrons. The minimum Gasteiger partial charge on any atom is -0.460 e. The molecule has 0 aliphatic carbocycles. The summed E-state index contributed by atoms with van der Waals surface area (Å²) in [7, 11) is 0. The molecule has 0 saturated carbocycles. The molecule has 25 heavy (non-hydrogen) atoms. The van der Waals surface area contributed by atoms with Crippen molar-refractivity contribution in [2.45, 2.75) is 19.6 Å². The highest BCUT2D eigenvalue weighted by molar-refractivity contribution is 5.77. The van der Waals surface area contributed by atoms with Gasteiger partial charge in [0, 0.05) is 31.6 Å². The van der Waals surface area contributed by atoms with Crippen LogP contribution in [-0.4, -0.2) is 31.2 Å². The lowest BCUT2D eigenvalue weighted by molar-refractivity contribution is 0.0342. The Morgan fingerprint density at radius 2 is 1.64 bits per heavy atom. The number of benzene rings is 2. The van der Waals surface area contributed by atoms with Crippen molar-refractivity contribution in [1.29, 1.82) is 0 Å². The number of ether oxygens (including phenoxy) is 1. The van der Waals surface area contributed by atoms with Crippen molar-refractivity contribution in [3.8, 4) is 0 Å². The van der Waals surface area contributed by atoms with Crippen LogP contribution in [0.4, 0.5) is 0 Å². The number of rotatable bonds is 6. The molecule has 2 heterocycles. The molecule has 0 radical (unpaired) electrons. The molecule has 3 aromatic rings. The number of morpholine rings is 1. The van der Waals surface area contributed by atoms with Gasteiger partial charge in [-0.3, -0.25) is 4.90 Å². The lowest BCUT2D eigenvalue weighted by Crippen LogP contribution is -2.35. The Labute approximate surface area is 148 Å². The van der Waals surface area contributed by atoms with Crippen LogP contribution in [-0.2, 0) is 24.4 Å². The predicted molar refractivity (Wildman–Crippen MR) is 99.3 cm³/mol. The number of hydrogen-bond acceptors (Lipinski definition) is 4. The monoisotopic (exact) mass is 336 g/mol. The molecule has 0 spiro atoms. The van der Waals surface area contributed by atoms with E-state index in [-0.39, 0.29) is 0 Å². The molecule has 4 heteroatoms. The van der Waals surface area contributed by atoms with Crippen LogP contribution in [0.15, 0.2) is 59.0 Å². The quantitative estimate of drug-likeness (QED) is 0.747. The molecule has 4 rings (SSSR count). The second-order valence-corrected chi connectivity index (χ2v) is 6.56. The van der Waals surface area contributed by atoms with Gasteiger partial charge in [-0.15, -0.1) is 0 Å². The molecule has 1 N–H and O–H groups in total. The number of para-hydroxylation sites is 1. The lowest BCUT2D eigenvalue weighted by Gasteiger charge is -2.26. The first-order valence-electron chi connectivity index (χ1n) is 8.93. The van der Waals surface area contributed by atoms with Crippen molar-refractivity contribution < 1.29 is 9.15 Å². The summed E-state index contributed by atoms with van der Waals surface area (Å²) in [6, 6.07) is 19.1. The minimum atomic E-state index is 0.740. The van der Waals surface area contributed by atoms with E-state index in [1.54, 1.807) is 0 Å². The summed E-state index contributed by atoms with van der Waals surface area (Å²) >= 11 is 0. The average Bonchev–Trinajstić information content (AvgIpc) is 3.07. The van der Waals surface area contributed by atoms with Crippen LogP contribution < -0.4 is 5.32 Å². The Bertz CT molecular complexity index is 771. The van der Waals surface area contributed by atoms with Gasteiger partial charge in [0.1, 0.15) is 11.3 Å². The Morgan fingerprint density at radius 1 is 0.880 bits per heavy atom. The molecular weight excluding hydrogens is 312 g/mol. The molecule has 1 saturated heterocycles. The molecule has 4 nitrogen and oxygen atoms in total. The van der Waals surface area contributed by atoms with Crippen LogP contribution >= 0.6 is 0 Å². The van der Waals surface area contributed by atoms with Crippen molar-refractivity contribution >= 4 is 11.0 Å². The van der Waals surface area contributed by atoms with Gasteiger partial charge in [-0.05, 0) is 23.3 Å². The first-order valence-corrected chi connectivity index (χ1v) is 8.93. The molecule has 1 fully saturated rings. The molecule has 0 unspecified atom stereocenters. The average molecular weight is 336 g/mol. The van der Waals surface area contributed by atoms with Gasteiger partial charge in [-0.25, -0.2) is 0 Å². The van der Waals surface area contributed by atoms with E-state index >= 15 is 0 Å². The van der Waals surface area contributed by atoms with E-state index in [2.05, 4.69) is 46.6 Å². The number of nitrogens with one attached hydrogen (secondary N) is 1. The predicted octanol–water partition coefficient (Wildman–Crippen LogP) is 3.55. The maximum absolute atomic E-state index is 5.83. The Hall–Kier alpha value is -2.14. The van der Waals surface area contributed by atoms with E-state index in [1.807, 2.05) is 18.2 Å². The highest BCUT2D eigenvalue weighted by Crippen LogP contribution is 2.18. The minimum absolute atomic E-state index is 0.740. The van der Waals surface area contributed by atoms with Crippen LogP contribution in [0.25, 0.3) is 11.0 Å². The summed E-state index contributed by atoms with van der Waals surface area (Å²) in [5.74, 6) is 0.977. The number of nitrogens with zero attached hydrogens (tertiary/aromatic N) is 1. The van der Waals surface area contributed by atoms with Crippen LogP contribution in [0.1, 0.15) is 16.9 Å². The standard InChI is InChI=1S/C21H24N2O2/c1-2-4-21-19(3-1)13-20(25-21)15-22-14-17-5-7-18(8-6-17)16-23-9-11-24-12-10-23/h1-8,13,22H,9-12,14-16H2. The van der Waals surface area contributed by atoms with E-state index in [0.717, 1.165) is 62.7 Å². The summed E-state index contributed by atoms with van der Waals surface area (Å²) in [4.78, 5) is 2.44. The van der Waals surface area contributed by atoms with Crippen LogP contribution in [0.5, 0.6) is 0 Å². The smallest absolute Gasteiger partial charge is 0.134 e. The third kappa shape index (κ3) is 4.28. The van der Waals surface area contributed by atoms with Gasteiger partial charge in [0.15, 0.2) is 0 Å². The second-order valence-electron chi connectivity index (χ2n) is 6.56. The third-order valence-corrected chi connectivity index (χ3v) is 4.64. The fourth-order valence-corrected chi connectivity index (χ4v) is 3.23. The maximum atomic E-state index is 5.83. The van der Waals surface area contributed by atoms with E-state index in [4.69, 9.17) is 9.15 Å². The largest absolute Gasteiger partial charge is 0.460 e. The van der Waals surface area contributed by atoms with Crippen molar-refractivity contribution in [3.05, 3.63) is 71.5 Å². The summed E-state index contributed by atoms with van der Waals surface area (Å²) in [6.07, 6.45) is 0. The van der Waals surface area contributed by atoms with Gasteiger partial charge in [0.25, 0.3) is 0 Å². The van der Waals surface area contributed by atoms with Gasteiger partial charge in [-0.2, -0.15) is 0 Å². The SMILES string of the molecule is c1ccc2oc(CNCc3ccc(CN4CCOCC4)cc3)cc2c1. The van der Waals surface area contributed by atoms with Gasteiger partial charge in [0.2, 0.25) is 0 Å². The zero-order valence-electron chi connectivity index (χ0n) is 14.4. The summed E-state index contributed by atoms with van der Waals surface area (Å²) in [5.41, 5.74) is 3.61. The van der Waals surface area contributed by atoms with E-state index in [1.165, 1.54) is 11.1 Å². The summed E-state index contributed by atoms with van der Waals surface area (Å²) in [5, 5.41) is 4.62. The number of fused-ring (bicyclic) bond motifs is 1. The second kappa shape index (κ2) is 7.83. The summed E-state index contributed by atoms with van der Waals surface area (Å²) < 4.78 is 11.2. The zero-order chi connectivity index (χ0) is 16.9. The van der Waals surface area contributed by atoms with Crippen LogP contribution in [0.2, 0.25) is 0 Å². The lowest BCUT2D eigenvalue weighted by atomic mass is 10.1. The van der Waals surface area contributed by atoms with Crippen molar-refractivity contribution in [2.24, 2.45) is 0 Å². The van der Waals surface area contributed by atoms with Gasteiger partial charge >= 0.3 is 0 Å². The third-order valence-electron chi connectivity index (χ3n) is 4.64. The topological polar surface area (TPSA) is 37.6 Å². The first-order chi connectivity index (χ1) is 12.4. The zero-order valence-corrected chi connectivity index (χ0v) is 14.4. The van der Waals surface area contributed by atoms with Gasteiger partial charge in [0.05, 0.1) is 19.8 Å². The van der Waals surface area contributed by atoms with E-state index in [0.29, 0.717) is 0 Å². The molecule has 0 amide bonds. The highest BCUT2D eigenvalue weighted by Gasteiger charge is 2.10. The Balaban J connectivity index is 1.27. The Kier molecular flexibility index (Phi) is 5.11. The Morgan fingerprint density at radius 3 is 2.44 bits per heavy atom. The molecule has 1 aromatic heterocycles. The molecule has 0 bridgehead atoms. The van der Waals surface area contributed by atoms with Crippen molar-refractivity contribution in [2.75, 3.05) is 26.3 Å². The number of hydrogen-bond donors (Lipinski definition) is 1. The molecule has 0 atom stereocenters. The molecule has 2 aromatic carbocycles. The highest BCUT2D eigenvalue weighted by atomic mass is 16.5. The fraction of sp³-hybridized carbons (Fsp3) is 0.333. The van der Waals surface area contributed by atoms with Crippen molar-refractivity contribution in [3.63, 3.8) is 0 Å². The number of furan rings is 1. The van der Waals surface area contributed by atoms with Gasteiger partial charge in [-0.1, -0.05) is 42.5 Å². The van der Waals surface area contributed by atoms with E-state index in [9.17, 15) is 0 Å². The summed E-state index contributed by atoms with van der Waals surface area (Å²) in [6.45, 7) is 6.35. The molecular formula is C21H24N2O2. The van der Waals surface area contributed by atoms with Gasteiger partial charge < -0.3 is 14.5 Å². The maximum Gasteiger partial charge on any atom is 0.134 e. The molecule has 1 aliphatic heterocycles. The first kappa shape index (κ1) is 16.3. The molecule has 1 aliphatic rings.